The number of methoxy groups -OCH3 is 1. The quantitative estimate of drug-likeness (QED) is 0.446. The number of hydrazine groups is 1. The Kier molecular flexibility index (Phi) is 6.01. The zero-order valence-electron chi connectivity index (χ0n) is 11.5. The van der Waals surface area contributed by atoms with E-state index in [-0.39, 0.29) is 6.04 Å². The molecule has 2 rings (SSSR count). The summed E-state index contributed by atoms with van der Waals surface area (Å²) in [4.78, 5) is 0. The highest BCUT2D eigenvalue weighted by Crippen LogP contribution is 2.27. The molecule has 4 nitrogen and oxygen atoms in total. The molecule has 2 aromatic rings. The number of para-hydroxylation sites is 1. The number of rotatable bonds is 8. The second-order valence-electron chi connectivity index (χ2n) is 4.43. The van der Waals surface area contributed by atoms with Crippen molar-refractivity contribution in [2.75, 3.05) is 20.3 Å². The van der Waals surface area contributed by atoms with Gasteiger partial charge in [0.05, 0.1) is 12.6 Å². The van der Waals surface area contributed by atoms with Crippen molar-refractivity contribution in [1.29, 1.82) is 0 Å². The van der Waals surface area contributed by atoms with E-state index < -0.39 is 0 Å². The number of hydrogen-bond donors (Lipinski definition) is 2. The fourth-order valence-corrected chi connectivity index (χ4v) is 2.72. The van der Waals surface area contributed by atoms with Gasteiger partial charge in [-0.05, 0) is 34.9 Å². The predicted octanol–water partition coefficient (Wildman–Crippen LogP) is 2.52. The van der Waals surface area contributed by atoms with Gasteiger partial charge in [0, 0.05) is 12.7 Å². The molecule has 1 heterocycles. The lowest BCUT2D eigenvalue weighted by Crippen LogP contribution is -2.30. The Morgan fingerprint density at radius 1 is 1.25 bits per heavy atom. The molecule has 0 aliphatic rings. The lowest BCUT2D eigenvalue weighted by Gasteiger charge is -2.19. The number of hydrogen-bond acceptors (Lipinski definition) is 5. The Balaban J connectivity index is 2.11. The van der Waals surface area contributed by atoms with Crippen LogP contribution in [0.5, 0.6) is 5.75 Å². The highest BCUT2D eigenvalue weighted by molar-refractivity contribution is 7.07. The van der Waals surface area contributed by atoms with Crippen LogP contribution in [0.15, 0.2) is 41.1 Å². The summed E-state index contributed by atoms with van der Waals surface area (Å²) in [5.41, 5.74) is 5.22. The van der Waals surface area contributed by atoms with Gasteiger partial charge in [-0.3, -0.25) is 11.3 Å². The van der Waals surface area contributed by atoms with Gasteiger partial charge >= 0.3 is 0 Å². The molecular formula is C15H20N2O2S. The molecular weight excluding hydrogens is 272 g/mol. The van der Waals surface area contributed by atoms with Gasteiger partial charge in [-0.2, -0.15) is 11.3 Å². The zero-order valence-corrected chi connectivity index (χ0v) is 12.4. The summed E-state index contributed by atoms with van der Waals surface area (Å²) in [6.07, 6.45) is 0.838. The summed E-state index contributed by atoms with van der Waals surface area (Å²) in [6, 6.07) is 10.1. The Morgan fingerprint density at radius 3 is 2.80 bits per heavy atom. The summed E-state index contributed by atoms with van der Waals surface area (Å²) in [5.74, 6) is 6.57. The Bertz CT molecular complexity index is 502. The van der Waals surface area contributed by atoms with Crippen molar-refractivity contribution in [3.8, 4) is 5.75 Å². The van der Waals surface area contributed by atoms with Crippen LogP contribution in [0.2, 0.25) is 0 Å². The number of benzene rings is 1. The first-order chi connectivity index (χ1) is 9.85. The molecule has 1 unspecified atom stereocenters. The van der Waals surface area contributed by atoms with Crippen LogP contribution in [0, 0.1) is 0 Å². The third-order valence-corrected chi connectivity index (χ3v) is 3.79. The maximum Gasteiger partial charge on any atom is 0.124 e. The number of thiophene rings is 1. The molecule has 1 atom stereocenters. The summed E-state index contributed by atoms with van der Waals surface area (Å²) in [7, 11) is 1.66. The molecule has 1 aromatic heterocycles. The van der Waals surface area contributed by atoms with E-state index in [1.54, 1.807) is 18.4 Å². The van der Waals surface area contributed by atoms with Gasteiger partial charge in [-0.1, -0.05) is 18.2 Å². The van der Waals surface area contributed by atoms with Crippen LogP contribution >= 0.6 is 11.3 Å². The van der Waals surface area contributed by atoms with Crippen molar-refractivity contribution in [3.05, 3.63) is 52.2 Å². The van der Waals surface area contributed by atoms with Gasteiger partial charge in [0.2, 0.25) is 0 Å². The molecule has 0 fully saturated rings. The number of nitrogens with one attached hydrogen (secondary N) is 1. The average molecular weight is 292 g/mol. The molecule has 5 heteroatoms. The fourth-order valence-electron chi connectivity index (χ4n) is 2.04. The molecule has 0 radical (unpaired) electrons. The van der Waals surface area contributed by atoms with Crippen molar-refractivity contribution < 1.29 is 9.47 Å². The minimum absolute atomic E-state index is 0.0309. The SMILES string of the molecule is COCCOc1ccccc1C(Cc1ccsc1)NN. The molecule has 0 aliphatic carbocycles. The standard InChI is InChI=1S/C15H20N2O2S/c1-18-7-8-19-15-5-3-2-4-13(15)14(17-16)10-12-6-9-20-11-12/h2-6,9,11,14,17H,7-8,10,16H2,1H3. The van der Waals surface area contributed by atoms with E-state index in [0.717, 1.165) is 17.7 Å². The summed E-state index contributed by atoms with van der Waals surface area (Å²) in [6.45, 7) is 1.10. The Labute approximate surface area is 123 Å². The first-order valence-corrected chi connectivity index (χ1v) is 7.47. The van der Waals surface area contributed by atoms with E-state index >= 15 is 0 Å². The molecule has 0 saturated carbocycles. The van der Waals surface area contributed by atoms with Crippen molar-refractivity contribution in [3.63, 3.8) is 0 Å². The average Bonchev–Trinajstić information content (AvgIpc) is 2.99. The Morgan fingerprint density at radius 2 is 2.10 bits per heavy atom. The van der Waals surface area contributed by atoms with Crippen LogP contribution in [-0.4, -0.2) is 20.3 Å². The van der Waals surface area contributed by atoms with Crippen molar-refractivity contribution in [2.45, 2.75) is 12.5 Å². The van der Waals surface area contributed by atoms with E-state index in [1.165, 1.54) is 5.56 Å². The molecule has 0 aliphatic heterocycles. The van der Waals surface area contributed by atoms with E-state index in [9.17, 15) is 0 Å². The van der Waals surface area contributed by atoms with Crippen molar-refractivity contribution in [2.24, 2.45) is 5.84 Å². The molecule has 0 bridgehead atoms. The number of ether oxygens (including phenoxy) is 2. The lowest BCUT2D eigenvalue weighted by atomic mass is 10.0. The van der Waals surface area contributed by atoms with Crippen LogP contribution < -0.4 is 16.0 Å². The van der Waals surface area contributed by atoms with Gasteiger partial charge in [0.1, 0.15) is 12.4 Å². The second-order valence-corrected chi connectivity index (χ2v) is 5.21. The summed E-state index contributed by atoms with van der Waals surface area (Å²) >= 11 is 1.69. The molecule has 3 N–H and O–H groups in total. The molecule has 0 amide bonds. The van der Waals surface area contributed by atoms with Crippen LogP contribution in [0.1, 0.15) is 17.2 Å². The van der Waals surface area contributed by atoms with Gasteiger partial charge in [0.25, 0.3) is 0 Å². The molecule has 20 heavy (non-hydrogen) atoms. The highest BCUT2D eigenvalue weighted by atomic mass is 32.1. The molecule has 0 saturated heterocycles. The number of nitrogens with two attached hydrogens (primary N) is 1. The normalized spacial score (nSPS) is 12.3. The molecule has 1 aromatic carbocycles. The van der Waals surface area contributed by atoms with Crippen LogP contribution in [0.25, 0.3) is 0 Å². The fraction of sp³-hybridized carbons (Fsp3) is 0.333. The van der Waals surface area contributed by atoms with Crippen molar-refractivity contribution >= 4 is 11.3 Å². The maximum atomic E-state index is 5.76. The van der Waals surface area contributed by atoms with Gasteiger partial charge in [0.15, 0.2) is 0 Å². The summed E-state index contributed by atoms with van der Waals surface area (Å²) < 4.78 is 10.8. The summed E-state index contributed by atoms with van der Waals surface area (Å²) in [5, 5.41) is 4.21. The van der Waals surface area contributed by atoms with Crippen LogP contribution in [0.3, 0.4) is 0 Å². The molecule has 0 spiro atoms. The van der Waals surface area contributed by atoms with E-state index in [2.05, 4.69) is 22.3 Å². The molecule has 108 valence electrons. The third kappa shape index (κ3) is 4.05. The van der Waals surface area contributed by atoms with Crippen LogP contribution in [-0.2, 0) is 11.2 Å². The van der Waals surface area contributed by atoms with Crippen molar-refractivity contribution in [1.82, 2.24) is 5.43 Å². The minimum atomic E-state index is 0.0309. The Hall–Kier alpha value is -1.40. The largest absolute Gasteiger partial charge is 0.491 e. The van der Waals surface area contributed by atoms with Gasteiger partial charge < -0.3 is 9.47 Å². The predicted molar refractivity (Wildman–Crippen MR) is 81.9 cm³/mol. The van der Waals surface area contributed by atoms with Gasteiger partial charge in [-0.25, -0.2) is 0 Å². The topological polar surface area (TPSA) is 56.5 Å². The lowest BCUT2D eigenvalue weighted by molar-refractivity contribution is 0.145. The third-order valence-electron chi connectivity index (χ3n) is 3.06. The smallest absolute Gasteiger partial charge is 0.124 e. The highest BCUT2D eigenvalue weighted by Gasteiger charge is 2.15. The van der Waals surface area contributed by atoms with Crippen LogP contribution in [0.4, 0.5) is 0 Å². The maximum absolute atomic E-state index is 5.76. The van der Waals surface area contributed by atoms with E-state index in [4.69, 9.17) is 15.3 Å². The zero-order chi connectivity index (χ0) is 14.2. The van der Waals surface area contributed by atoms with E-state index in [1.807, 2.05) is 24.3 Å². The minimum Gasteiger partial charge on any atom is -0.491 e. The second kappa shape index (κ2) is 8.01. The first kappa shape index (κ1) is 15.0. The van der Waals surface area contributed by atoms with E-state index in [0.29, 0.717) is 13.2 Å². The van der Waals surface area contributed by atoms with Gasteiger partial charge in [-0.15, -0.1) is 0 Å². The first-order valence-electron chi connectivity index (χ1n) is 6.53. The monoisotopic (exact) mass is 292 g/mol.